The molecule has 5 heteroatoms. The van der Waals surface area contributed by atoms with Crippen molar-refractivity contribution in [3.8, 4) is 11.5 Å². The molecule has 0 saturated heterocycles. The Labute approximate surface area is 146 Å². The Morgan fingerprint density at radius 1 is 1.04 bits per heavy atom. The van der Waals surface area contributed by atoms with Crippen molar-refractivity contribution in [2.45, 2.75) is 25.0 Å². The average Bonchev–Trinajstić information content (AvgIpc) is 2.97. The van der Waals surface area contributed by atoms with Gasteiger partial charge >= 0.3 is 0 Å². The molecule has 0 aliphatic carbocycles. The molecule has 3 aromatic rings. The third-order valence-corrected chi connectivity index (χ3v) is 4.64. The van der Waals surface area contributed by atoms with E-state index < -0.39 is 0 Å². The molecule has 0 aliphatic rings. The zero-order chi connectivity index (χ0) is 16.9. The smallest absolute Gasteiger partial charge is 0.169 e. The second-order valence-corrected chi connectivity index (χ2v) is 6.78. The number of hydrogen-bond acceptors (Lipinski definition) is 4. The molecule has 0 radical (unpaired) electrons. The lowest BCUT2D eigenvalue weighted by atomic mass is 10.3. The predicted octanol–water partition coefficient (Wildman–Crippen LogP) is 4.80. The maximum atomic E-state index is 5.79. The fourth-order valence-electron chi connectivity index (χ4n) is 2.59. The van der Waals surface area contributed by atoms with Crippen LogP contribution in [0.4, 0.5) is 0 Å². The van der Waals surface area contributed by atoms with E-state index in [1.807, 2.05) is 30.3 Å². The van der Waals surface area contributed by atoms with Crippen LogP contribution in [0, 0.1) is 0 Å². The number of para-hydroxylation sites is 2. The number of imidazole rings is 1. The van der Waals surface area contributed by atoms with Gasteiger partial charge < -0.3 is 14.0 Å². The number of nitrogens with zero attached hydrogens (tertiary/aromatic N) is 2. The van der Waals surface area contributed by atoms with Crippen LogP contribution in [0.15, 0.2) is 53.7 Å². The van der Waals surface area contributed by atoms with Gasteiger partial charge in [0.05, 0.1) is 24.8 Å². The van der Waals surface area contributed by atoms with Crippen LogP contribution in [0.3, 0.4) is 0 Å². The minimum Gasteiger partial charge on any atom is -0.497 e. The summed E-state index contributed by atoms with van der Waals surface area (Å²) < 4.78 is 13.2. The van der Waals surface area contributed by atoms with Crippen molar-refractivity contribution in [1.29, 1.82) is 0 Å². The molecule has 4 nitrogen and oxygen atoms in total. The number of hydrogen-bond donors (Lipinski definition) is 0. The molecular formula is C19H22N2O2S. The summed E-state index contributed by atoms with van der Waals surface area (Å²) >= 11 is 1.73. The molecule has 1 aromatic heterocycles. The number of rotatable bonds is 7. The van der Waals surface area contributed by atoms with Gasteiger partial charge in [-0.3, -0.25) is 0 Å². The van der Waals surface area contributed by atoms with Crippen molar-refractivity contribution in [3.63, 3.8) is 0 Å². The third kappa shape index (κ3) is 3.67. The van der Waals surface area contributed by atoms with E-state index in [1.165, 1.54) is 5.52 Å². The Balaban J connectivity index is 1.62. The summed E-state index contributed by atoms with van der Waals surface area (Å²) in [6.07, 6.45) is 0. The van der Waals surface area contributed by atoms with Gasteiger partial charge in [0.2, 0.25) is 0 Å². The number of benzene rings is 2. The molecule has 24 heavy (non-hydrogen) atoms. The second-order valence-electron chi connectivity index (χ2n) is 5.72. The quantitative estimate of drug-likeness (QED) is 0.456. The Kier molecular flexibility index (Phi) is 5.30. The van der Waals surface area contributed by atoms with E-state index in [4.69, 9.17) is 14.5 Å². The van der Waals surface area contributed by atoms with Gasteiger partial charge in [-0.05, 0) is 50.2 Å². The Bertz CT molecular complexity index is 797. The van der Waals surface area contributed by atoms with Gasteiger partial charge in [0.25, 0.3) is 0 Å². The van der Waals surface area contributed by atoms with Gasteiger partial charge in [-0.25, -0.2) is 4.98 Å². The highest BCUT2D eigenvalue weighted by Gasteiger charge is 2.13. The molecule has 3 rings (SSSR count). The molecule has 0 fully saturated rings. The summed E-state index contributed by atoms with van der Waals surface area (Å²) in [7, 11) is 1.66. The number of thioether (sulfide) groups is 1. The lowest BCUT2D eigenvalue weighted by molar-refractivity contribution is 0.342. The maximum absolute atomic E-state index is 5.79. The molecule has 0 spiro atoms. The molecule has 0 amide bonds. The van der Waals surface area contributed by atoms with Crippen LogP contribution >= 0.6 is 11.8 Å². The highest BCUT2D eigenvalue weighted by Crippen LogP contribution is 2.27. The maximum Gasteiger partial charge on any atom is 0.169 e. The first-order valence-electron chi connectivity index (χ1n) is 8.05. The van der Waals surface area contributed by atoms with E-state index in [0.717, 1.165) is 27.9 Å². The fourth-order valence-corrected chi connectivity index (χ4v) is 3.55. The SMILES string of the molecule is COc1ccc(OCCSc2nc3ccccc3n2C(C)C)cc1. The van der Waals surface area contributed by atoms with Crippen molar-refractivity contribution < 1.29 is 9.47 Å². The van der Waals surface area contributed by atoms with Crippen LogP contribution in [0.2, 0.25) is 0 Å². The van der Waals surface area contributed by atoms with Crippen molar-refractivity contribution in [2.24, 2.45) is 0 Å². The highest BCUT2D eigenvalue weighted by atomic mass is 32.2. The van der Waals surface area contributed by atoms with Crippen LogP contribution in [0.25, 0.3) is 11.0 Å². The summed E-state index contributed by atoms with van der Waals surface area (Å²) in [6, 6.07) is 16.3. The largest absolute Gasteiger partial charge is 0.497 e. The van der Waals surface area contributed by atoms with Gasteiger partial charge in [0.15, 0.2) is 5.16 Å². The van der Waals surface area contributed by atoms with Gasteiger partial charge in [0.1, 0.15) is 11.5 Å². The van der Waals surface area contributed by atoms with Crippen LogP contribution in [0.5, 0.6) is 11.5 Å². The molecule has 0 N–H and O–H groups in total. The van der Waals surface area contributed by atoms with Crippen molar-refractivity contribution >= 4 is 22.8 Å². The zero-order valence-electron chi connectivity index (χ0n) is 14.2. The van der Waals surface area contributed by atoms with Crippen LogP contribution in [-0.4, -0.2) is 29.0 Å². The van der Waals surface area contributed by atoms with E-state index in [-0.39, 0.29) is 0 Å². The minimum atomic E-state index is 0.377. The van der Waals surface area contributed by atoms with Crippen LogP contribution in [0.1, 0.15) is 19.9 Å². The normalized spacial score (nSPS) is 11.2. The molecular weight excluding hydrogens is 320 g/mol. The molecule has 126 valence electrons. The van der Waals surface area contributed by atoms with E-state index in [9.17, 15) is 0 Å². The Hall–Kier alpha value is -2.14. The molecule has 0 atom stereocenters. The predicted molar refractivity (Wildman–Crippen MR) is 99.3 cm³/mol. The minimum absolute atomic E-state index is 0.377. The van der Waals surface area contributed by atoms with Gasteiger partial charge in [-0.1, -0.05) is 23.9 Å². The molecule has 2 aromatic carbocycles. The fraction of sp³-hybridized carbons (Fsp3) is 0.316. The molecule has 1 heterocycles. The summed E-state index contributed by atoms with van der Waals surface area (Å²) in [5, 5.41) is 1.05. The average molecular weight is 342 g/mol. The molecule has 0 saturated carbocycles. The van der Waals surface area contributed by atoms with E-state index in [0.29, 0.717) is 12.6 Å². The Morgan fingerprint density at radius 2 is 1.75 bits per heavy atom. The number of ether oxygens (including phenoxy) is 2. The first-order valence-corrected chi connectivity index (χ1v) is 9.04. The summed E-state index contributed by atoms with van der Waals surface area (Å²) in [5.41, 5.74) is 2.23. The van der Waals surface area contributed by atoms with Crippen molar-refractivity contribution in [1.82, 2.24) is 9.55 Å². The number of fused-ring (bicyclic) bond motifs is 1. The van der Waals surface area contributed by atoms with E-state index in [1.54, 1.807) is 18.9 Å². The summed E-state index contributed by atoms with van der Waals surface area (Å²) in [6.45, 7) is 5.01. The van der Waals surface area contributed by atoms with Crippen molar-refractivity contribution in [3.05, 3.63) is 48.5 Å². The topological polar surface area (TPSA) is 36.3 Å². The van der Waals surface area contributed by atoms with Gasteiger partial charge in [-0.15, -0.1) is 0 Å². The Morgan fingerprint density at radius 3 is 2.46 bits per heavy atom. The molecule has 0 bridgehead atoms. The molecule has 0 unspecified atom stereocenters. The van der Waals surface area contributed by atoms with Gasteiger partial charge in [-0.2, -0.15) is 0 Å². The standard InChI is InChI=1S/C19H22N2O2S/c1-14(2)21-18-7-5-4-6-17(18)20-19(21)24-13-12-23-16-10-8-15(22-3)9-11-16/h4-11,14H,12-13H2,1-3H3. The lowest BCUT2D eigenvalue weighted by Gasteiger charge is -2.12. The van der Waals surface area contributed by atoms with Crippen LogP contribution in [-0.2, 0) is 0 Å². The lowest BCUT2D eigenvalue weighted by Crippen LogP contribution is -2.05. The summed E-state index contributed by atoms with van der Waals surface area (Å²) in [4.78, 5) is 4.75. The molecule has 0 aliphatic heterocycles. The monoisotopic (exact) mass is 342 g/mol. The van der Waals surface area contributed by atoms with Crippen LogP contribution < -0.4 is 9.47 Å². The number of methoxy groups -OCH3 is 1. The first kappa shape index (κ1) is 16.7. The summed E-state index contributed by atoms with van der Waals surface area (Å²) in [5.74, 6) is 2.54. The second kappa shape index (κ2) is 7.62. The zero-order valence-corrected chi connectivity index (χ0v) is 15.0. The van der Waals surface area contributed by atoms with E-state index >= 15 is 0 Å². The highest BCUT2D eigenvalue weighted by molar-refractivity contribution is 7.99. The van der Waals surface area contributed by atoms with Crippen molar-refractivity contribution in [2.75, 3.05) is 19.5 Å². The van der Waals surface area contributed by atoms with Gasteiger partial charge in [0, 0.05) is 11.8 Å². The first-order chi connectivity index (χ1) is 11.7. The van der Waals surface area contributed by atoms with E-state index in [2.05, 4.69) is 36.6 Å². The number of aromatic nitrogens is 2. The third-order valence-electron chi connectivity index (χ3n) is 3.72.